The molecule has 4 heterocycles. The van der Waals surface area contributed by atoms with E-state index in [1.54, 1.807) is 11.9 Å². The summed E-state index contributed by atoms with van der Waals surface area (Å²) in [5.74, 6) is 1.31. The van der Waals surface area contributed by atoms with Gasteiger partial charge in [-0.15, -0.1) is 0 Å². The topological polar surface area (TPSA) is 103 Å². The quantitative estimate of drug-likeness (QED) is 0.528. The number of piperazine rings is 1. The van der Waals surface area contributed by atoms with Gasteiger partial charge in [0.25, 0.3) is 5.91 Å². The van der Waals surface area contributed by atoms with Gasteiger partial charge in [-0.1, -0.05) is 12.1 Å². The molecule has 2 aliphatic heterocycles. The Bertz CT molecular complexity index is 1480. The normalized spacial score (nSPS) is 20.9. The van der Waals surface area contributed by atoms with Gasteiger partial charge in [0.1, 0.15) is 17.0 Å². The Morgan fingerprint density at radius 1 is 1.14 bits per heavy atom. The number of hydrogen-bond donors (Lipinski definition) is 0. The van der Waals surface area contributed by atoms with E-state index in [1.807, 2.05) is 18.5 Å². The van der Waals surface area contributed by atoms with Gasteiger partial charge in [0.05, 0.1) is 12.5 Å². The molecule has 0 N–H and O–H groups in total. The van der Waals surface area contributed by atoms with Crippen molar-refractivity contribution in [2.75, 3.05) is 25.0 Å². The Hall–Kier alpha value is -3.71. The molecule has 1 aromatic carbocycles. The summed E-state index contributed by atoms with van der Waals surface area (Å²) in [6.07, 6.45) is 0.173. The summed E-state index contributed by atoms with van der Waals surface area (Å²) in [7, 11) is 3.54. The van der Waals surface area contributed by atoms with Crippen LogP contribution in [0.25, 0.3) is 11.2 Å². The first kappa shape index (κ1) is 25.0. The highest BCUT2D eigenvalue weighted by Gasteiger charge is 2.35. The van der Waals surface area contributed by atoms with Crippen LogP contribution in [0.5, 0.6) is 0 Å². The second-order valence-corrected chi connectivity index (χ2v) is 10.4. The van der Waals surface area contributed by atoms with Crippen LogP contribution in [-0.2, 0) is 26.6 Å². The molecule has 194 valence electrons. The summed E-state index contributed by atoms with van der Waals surface area (Å²) in [4.78, 5) is 41.1. The predicted octanol–water partition coefficient (Wildman–Crippen LogP) is 2.46. The second kappa shape index (κ2) is 9.30. The van der Waals surface area contributed by atoms with E-state index in [0.717, 1.165) is 23.2 Å². The largest absolute Gasteiger partial charge is 0.350 e. The maximum Gasteiger partial charge on any atom is 0.350 e. The Kier molecular flexibility index (Phi) is 6.28. The van der Waals surface area contributed by atoms with Crippen LogP contribution >= 0.6 is 0 Å². The fourth-order valence-corrected chi connectivity index (χ4v) is 5.93. The van der Waals surface area contributed by atoms with E-state index in [2.05, 4.69) is 59.8 Å². The lowest BCUT2D eigenvalue weighted by Crippen LogP contribution is -2.57. The minimum absolute atomic E-state index is 0.0786. The zero-order valence-corrected chi connectivity index (χ0v) is 22.4. The molecule has 0 bridgehead atoms. The number of hydrogen-bond acceptors (Lipinski definition) is 7. The van der Waals surface area contributed by atoms with Crippen LogP contribution in [0.1, 0.15) is 61.0 Å². The first-order valence-electron chi connectivity index (χ1n) is 12.9. The summed E-state index contributed by atoms with van der Waals surface area (Å²) in [6.45, 7) is 11.2. The maximum atomic E-state index is 12.9. The lowest BCUT2D eigenvalue weighted by Gasteiger charge is -2.47. The number of fused-ring (bicyclic) bond motifs is 2. The molecule has 37 heavy (non-hydrogen) atoms. The summed E-state index contributed by atoms with van der Waals surface area (Å²) in [5, 5.41) is 9.31. The van der Waals surface area contributed by atoms with Crippen LogP contribution in [0, 0.1) is 11.3 Å². The van der Waals surface area contributed by atoms with E-state index in [9.17, 15) is 14.9 Å². The SMILES string of the molecule is CCn1c(CC#N)nc2c(N3C[C@@H](C)N(C(C)c4ccc5c(c4)C(=O)N(C)C5)C[C@@H]3C)nc(=O)n(C)c21. The number of aromatic nitrogens is 4. The van der Waals surface area contributed by atoms with Crippen molar-refractivity contribution in [2.45, 2.75) is 65.3 Å². The number of amides is 1. The molecule has 0 spiro atoms. The molecule has 10 nitrogen and oxygen atoms in total. The number of aryl methyl sites for hydroxylation is 2. The Morgan fingerprint density at radius 2 is 1.89 bits per heavy atom. The summed E-state index contributed by atoms with van der Waals surface area (Å²) in [5.41, 5.74) is 4.05. The second-order valence-electron chi connectivity index (χ2n) is 10.4. The van der Waals surface area contributed by atoms with Crippen LogP contribution in [0.4, 0.5) is 5.82 Å². The molecule has 1 unspecified atom stereocenters. The van der Waals surface area contributed by atoms with Gasteiger partial charge >= 0.3 is 5.69 Å². The van der Waals surface area contributed by atoms with Crippen molar-refractivity contribution >= 4 is 22.9 Å². The smallest absolute Gasteiger partial charge is 0.349 e. The fraction of sp³-hybridized carbons (Fsp3) is 0.519. The predicted molar refractivity (Wildman–Crippen MR) is 141 cm³/mol. The number of nitriles is 1. The average molecular weight is 503 g/mol. The highest BCUT2D eigenvalue weighted by Crippen LogP contribution is 2.33. The molecule has 2 aliphatic rings. The molecule has 2 aromatic heterocycles. The lowest BCUT2D eigenvalue weighted by molar-refractivity contribution is 0.0816. The first-order valence-corrected chi connectivity index (χ1v) is 12.9. The zero-order chi connectivity index (χ0) is 26.6. The molecule has 0 saturated carbocycles. The minimum atomic E-state index is -0.330. The number of nitrogens with zero attached hydrogens (tertiary/aromatic N) is 8. The van der Waals surface area contributed by atoms with Crippen LogP contribution < -0.4 is 10.6 Å². The lowest BCUT2D eigenvalue weighted by atomic mass is 9.97. The first-order chi connectivity index (χ1) is 17.7. The van der Waals surface area contributed by atoms with Gasteiger partial charge in [-0.05, 0) is 44.9 Å². The van der Waals surface area contributed by atoms with E-state index < -0.39 is 0 Å². The molecule has 3 atom stereocenters. The Labute approximate surface area is 216 Å². The van der Waals surface area contributed by atoms with Crippen molar-refractivity contribution in [3.8, 4) is 6.07 Å². The fourth-order valence-electron chi connectivity index (χ4n) is 5.93. The number of anilines is 1. The van der Waals surface area contributed by atoms with Crippen molar-refractivity contribution in [2.24, 2.45) is 7.05 Å². The molecule has 0 radical (unpaired) electrons. The van der Waals surface area contributed by atoms with Crippen molar-refractivity contribution in [3.63, 3.8) is 0 Å². The molecular weight excluding hydrogens is 468 g/mol. The molecule has 1 saturated heterocycles. The zero-order valence-electron chi connectivity index (χ0n) is 22.4. The third kappa shape index (κ3) is 3.98. The van der Waals surface area contributed by atoms with Gasteiger partial charge in [-0.3, -0.25) is 14.3 Å². The van der Waals surface area contributed by atoms with Gasteiger partial charge in [0.15, 0.2) is 5.82 Å². The van der Waals surface area contributed by atoms with Crippen molar-refractivity contribution in [1.29, 1.82) is 5.26 Å². The molecule has 0 aliphatic carbocycles. The highest BCUT2D eigenvalue weighted by molar-refractivity contribution is 5.98. The third-order valence-corrected chi connectivity index (χ3v) is 8.00. The van der Waals surface area contributed by atoms with Crippen molar-refractivity contribution in [1.82, 2.24) is 28.9 Å². The van der Waals surface area contributed by atoms with Crippen LogP contribution in [-0.4, -0.2) is 67.0 Å². The summed E-state index contributed by atoms with van der Waals surface area (Å²) in [6, 6.07) is 8.83. The average Bonchev–Trinajstić information content (AvgIpc) is 3.38. The molecule has 1 amide bonds. The van der Waals surface area contributed by atoms with E-state index in [4.69, 9.17) is 4.98 Å². The van der Waals surface area contributed by atoms with E-state index in [1.165, 1.54) is 4.57 Å². The molecule has 3 aromatic rings. The Morgan fingerprint density at radius 3 is 2.59 bits per heavy atom. The Balaban J connectivity index is 1.47. The van der Waals surface area contributed by atoms with Crippen LogP contribution in [0.15, 0.2) is 23.0 Å². The third-order valence-electron chi connectivity index (χ3n) is 8.00. The standard InChI is InChI=1S/C27H34N8O2/c1-7-33-22(10-11-28)29-23-24(30-27(37)32(6)25(23)33)35-14-16(2)34(13-17(35)3)18(4)19-8-9-20-15-31(5)26(36)21(20)12-19/h8-9,12,16-18H,7,10,13-15H2,1-6H3/t16-,17+,18?/m1/s1. The van der Waals surface area contributed by atoms with Gasteiger partial charge in [0.2, 0.25) is 0 Å². The van der Waals surface area contributed by atoms with E-state index >= 15 is 0 Å². The molecular formula is C27H34N8O2. The molecule has 5 rings (SSSR count). The number of rotatable bonds is 5. The van der Waals surface area contributed by atoms with Gasteiger partial charge in [-0.2, -0.15) is 10.2 Å². The molecule has 10 heteroatoms. The summed E-state index contributed by atoms with van der Waals surface area (Å²) >= 11 is 0. The maximum absolute atomic E-state index is 12.9. The van der Waals surface area contributed by atoms with Gasteiger partial charge < -0.3 is 14.4 Å². The van der Waals surface area contributed by atoms with E-state index in [-0.39, 0.29) is 36.1 Å². The molecule has 1 fully saturated rings. The van der Waals surface area contributed by atoms with Crippen LogP contribution in [0.2, 0.25) is 0 Å². The number of carbonyl (C=O) groups is 1. The van der Waals surface area contributed by atoms with Gasteiger partial charge in [0, 0.05) is 64.0 Å². The highest BCUT2D eigenvalue weighted by atomic mass is 16.2. The van der Waals surface area contributed by atoms with Crippen molar-refractivity contribution < 1.29 is 4.79 Å². The van der Waals surface area contributed by atoms with Gasteiger partial charge in [-0.25, -0.2) is 9.78 Å². The number of benzene rings is 1. The number of imidazole rings is 1. The number of carbonyl (C=O) groups excluding carboxylic acids is 1. The van der Waals surface area contributed by atoms with E-state index in [0.29, 0.717) is 42.4 Å². The monoisotopic (exact) mass is 502 g/mol. The van der Waals surface area contributed by atoms with Crippen LogP contribution in [0.3, 0.4) is 0 Å². The minimum Gasteiger partial charge on any atom is -0.349 e. The summed E-state index contributed by atoms with van der Waals surface area (Å²) < 4.78 is 3.46. The van der Waals surface area contributed by atoms with Crippen molar-refractivity contribution in [3.05, 3.63) is 51.2 Å².